The number of hydrogen-bond acceptors (Lipinski definition) is 4. The van der Waals surface area contributed by atoms with Gasteiger partial charge in [0.05, 0.1) is 6.61 Å². The van der Waals surface area contributed by atoms with Gasteiger partial charge < -0.3 is 14.5 Å². The van der Waals surface area contributed by atoms with E-state index in [-0.39, 0.29) is 5.91 Å². The summed E-state index contributed by atoms with van der Waals surface area (Å²) in [4.78, 5) is 28.7. The summed E-state index contributed by atoms with van der Waals surface area (Å²) in [6.07, 6.45) is 0.895. The quantitative estimate of drug-likeness (QED) is 0.508. The molecule has 0 saturated carbocycles. The number of carbonyl (C=O) groups excluding carboxylic acids is 2. The zero-order valence-electron chi connectivity index (χ0n) is 14.7. The van der Waals surface area contributed by atoms with Crippen LogP contribution >= 0.6 is 0 Å². The molecule has 0 N–H and O–H groups in total. The third kappa shape index (κ3) is 6.93. The molecule has 1 unspecified atom stereocenters. The van der Waals surface area contributed by atoms with Crippen LogP contribution in [0.4, 0.5) is 0 Å². The standard InChI is InChI=1S/C16H32N2O3/c1-8-18(12-10-11-17(6)7)14(19)13(16(3,4)5)15(20)21-9-2/h13H,8-12H2,1-7H3. The van der Waals surface area contributed by atoms with Gasteiger partial charge in [-0.15, -0.1) is 0 Å². The van der Waals surface area contributed by atoms with E-state index in [0.717, 1.165) is 13.0 Å². The zero-order chi connectivity index (χ0) is 16.6. The van der Waals surface area contributed by atoms with Gasteiger partial charge in [-0.25, -0.2) is 0 Å². The second-order valence-electron chi connectivity index (χ2n) is 6.63. The number of nitrogens with zero attached hydrogens (tertiary/aromatic N) is 2. The van der Waals surface area contributed by atoms with Crippen molar-refractivity contribution in [2.24, 2.45) is 11.3 Å². The van der Waals surface area contributed by atoms with Crippen molar-refractivity contribution >= 4 is 11.9 Å². The molecule has 5 nitrogen and oxygen atoms in total. The van der Waals surface area contributed by atoms with E-state index in [1.165, 1.54) is 0 Å². The molecule has 1 atom stereocenters. The van der Waals surface area contributed by atoms with Gasteiger partial charge in [0.15, 0.2) is 0 Å². The molecule has 0 aromatic carbocycles. The molecule has 0 aliphatic heterocycles. The van der Waals surface area contributed by atoms with E-state index >= 15 is 0 Å². The molecule has 0 bridgehead atoms. The summed E-state index contributed by atoms with van der Waals surface area (Å²) in [7, 11) is 4.02. The first kappa shape index (κ1) is 19.9. The van der Waals surface area contributed by atoms with E-state index in [2.05, 4.69) is 4.90 Å². The maximum Gasteiger partial charge on any atom is 0.319 e. The minimum absolute atomic E-state index is 0.123. The highest BCUT2D eigenvalue weighted by Crippen LogP contribution is 2.29. The Labute approximate surface area is 129 Å². The molecule has 21 heavy (non-hydrogen) atoms. The minimum atomic E-state index is -0.739. The van der Waals surface area contributed by atoms with Crippen molar-refractivity contribution in [3.05, 3.63) is 0 Å². The van der Waals surface area contributed by atoms with E-state index in [1.807, 2.05) is 41.8 Å². The number of rotatable bonds is 8. The van der Waals surface area contributed by atoms with Crippen molar-refractivity contribution in [2.75, 3.05) is 40.3 Å². The molecule has 124 valence electrons. The van der Waals surface area contributed by atoms with E-state index < -0.39 is 17.3 Å². The molecular weight excluding hydrogens is 268 g/mol. The van der Waals surface area contributed by atoms with Crippen molar-refractivity contribution in [1.82, 2.24) is 9.80 Å². The molecule has 0 aromatic heterocycles. The number of esters is 1. The van der Waals surface area contributed by atoms with Gasteiger partial charge in [-0.05, 0) is 46.3 Å². The van der Waals surface area contributed by atoms with E-state index in [0.29, 0.717) is 19.7 Å². The van der Waals surface area contributed by atoms with Crippen LogP contribution in [-0.4, -0.2) is 62.0 Å². The van der Waals surface area contributed by atoms with Crippen LogP contribution in [0.1, 0.15) is 41.0 Å². The predicted octanol–water partition coefficient (Wildman–Crippen LogP) is 2.01. The summed E-state index contributed by atoms with van der Waals surface area (Å²) in [5, 5.41) is 0. The Morgan fingerprint density at radius 2 is 1.67 bits per heavy atom. The highest BCUT2D eigenvalue weighted by atomic mass is 16.5. The predicted molar refractivity (Wildman–Crippen MR) is 85.0 cm³/mol. The molecule has 5 heteroatoms. The first-order valence-corrected chi connectivity index (χ1v) is 7.75. The molecule has 0 radical (unpaired) electrons. The Bertz CT molecular complexity index is 335. The van der Waals surface area contributed by atoms with Crippen molar-refractivity contribution in [3.63, 3.8) is 0 Å². The highest BCUT2D eigenvalue weighted by Gasteiger charge is 2.40. The van der Waals surface area contributed by atoms with Gasteiger partial charge in [-0.3, -0.25) is 9.59 Å². The van der Waals surface area contributed by atoms with Crippen LogP contribution in [0, 0.1) is 11.3 Å². The summed E-state index contributed by atoms with van der Waals surface area (Å²) < 4.78 is 5.09. The van der Waals surface area contributed by atoms with Crippen LogP contribution in [0.2, 0.25) is 0 Å². The van der Waals surface area contributed by atoms with Gasteiger partial charge in [0.25, 0.3) is 0 Å². The molecule has 0 saturated heterocycles. The van der Waals surface area contributed by atoms with Gasteiger partial charge in [0, 0.05) is 13.1 Å². The monoisotopic (exact) mass is 300 g/mol. The van der Waals surface area contributed by atoms with Crippen molar-refractivity contribution in [2.45, 2.75) is 41.0 Å². The van der Waals surface area contributed by atoms with Crippen molar-refractivity contribution < 1.29 is 14.3 Å². The Hall–Kier alpha value is -1.10. The molecule has 0 rings (SSSR count). The zero-order valence-corrected chi connectivity index (χ0v) is 14.7. The molecule has 0 heterocycles. The summed E-state index contributed by atoms with van der Waals surface area (Å²) in [5.74, 6) is -1.28. The van der Waals surface area contributed by atoms with Gasteiger partial charge in [-0.1, -0.05) is 20.8 Å². The lowest BCUT2D eigenvalue weighted by Crippen LogP contribution is -2.46. The summed E-state index contributed by atoms with van der Waals surface area (Å²) in [5.41, 5.74) is -0.446. The lowest BCUT2D eigenvalue weighted by atomic mass is 9.79. The third-order valence-corrected chi connectivity index (χ3v) is 3.36. The van der Waals surface area contributed by atoms with E-state index in [4.69, 9.17) is 4.74 Å². The van der Waals surface area contributed by atoms with E-state index in [1.54, 1.807) is 11.8 Å². The first-order valence-electron chi connectivity index (χ1n) is 7.75. The highest BCUT2D eigenvalue weighted by molar-refractivity contribution is 5.98. The molecule has 0 aromatic rings. The minimum Gasteiger partial charge on any atom is -0.465 e. The Morgan fingerprint density at radius 1 is 1.10 bits per heavy atom. The fraction of sp³-hybridized carbons (Fsp3) is 0.875. The Morgan fingerprint density at radius 3 is 2.05 bits per heavy atom. The molecule has 0 aliphatic rings. The smallest absolute Gasteiger partial charge is 0.319 e. The lowest BCUT2D eigenvalue weighted by Gasteiger charge is -2.32. The third-order valence-electron chi connectivity index (χ3n) is 3.36. The first-order chi connectivity index (χ1) is 9.65. The Kier molecular flexibility index (Phi) is 8.55. The van der Waals surface area contributed by atoms with Crippen LogP contribution in [0.5, 0.6) is 0 Å². The largest absolute Gasteiger partial charge is 0.465 e. The second kappa shape index (κ2) is 9.03. The van der Waals surface area contributed by atoms with Crippen LogP contribution in [-0.2, 0) is 14.3 Å². The van der Waals surface area contributed by atoms with Crippen LogP contribution < -0.4 is 0 Å². The average Bonchev–Trinajstić information content (AvgIpc) is 2.32. The SMILES string of the molecule is CCOC(=O)C(C(=O)N(CC)CCCN(C)C)C(C)(C)C. The molecular formula is C16H32N2O3. The Balaban J connectivity index is 4.94. The van der Waals surface area contributed by atoms with Crippen LogP contribution in [0.15, 0.2) is 0 Å². The molecule has 1 amide bonds. The van der Waals surface area contributed by atoms with Crippen LogP contribution in [0.3, 0.4) is 0 Å². The summed E-state index contributed by atoms with van der Waals surface area (Å²) in [6, 6.07) is 0. The average molecular weight is 300 g/mol. The lowest BCUT2D eigenvalue weighted by molar-refractivity contribution is -0.160. The summed E-state index contributed by atoms with van der Waals surface area (Å²) >= 11 is 0. The fourth-order valence-corrected chi connectivity index (χ4v) is 2.23. The number of carbonyl (C=O) groups is 2. The second-order valence-corrected chi connectivity index (χ2v) is 6.63. The molecule has 0 fully saturated rings. The van der Waals surface area contributed by atoms with E-state index in [9.17, 15) is 9.59 Å². The maximum absolute atomic E-state index is 12.7. The maximum atomic E-state index is 12.7. The normalized spacial score (nSPS) is 13.1. The van der Waals surface area contributed by atoms with Gasteiger partial charge in [0.1, 0.15) is 5.92 Å². The molecule has 0 spiro atoms. The van der Waals surface area contributed by atoms with Crippen molar-refractivity contribution in [3.8, 4) is 0 Å². The van der Waals surface area contributed by atoms with Gasteiger partial charge >= 0.3 is 5.97 Å². The number of ether oxygens (including phenoxy) is 1. The van der Waals surface area contributed by atoms with Gasteiger partial charge in [0.2, 0.25) is 5.91 Å². The van der Waals surface area contributed by atoms with Crippen molar-refractivity contribution in [1.29, 1.82) is 0 Å². The number of amides is 1. The summed E-state index contributed by atoms with van der Waals surface area (Å²) in [6.45, 7) is 11.9. The molecule has 0 aliphatic carbocycles. The topological polar surface area (TPSA) is 49.9 Å². The fourth-order valence-electron chi connectivity index (χ4n) is 2.23. The van der Waals surface area contributed by atoms with Gasteiger partial charge in [-0.2, -0.15) is 0 Å². The number of hydrogen-bond donors (Lipinski definition) is 0. The van der Waals surface area contributed by atoms with Crippen LogP contribution in [0.25, 0.3) is 0 Å².